The van der Waals surface area contributed by atoms with Crippen LogP contribution >= 0.6 is 0 Å². The van der Waals surface area contributed by atoms with Crippen molar-refractivity contribution in [3.05, 3.63) is 95.6 Å². The van der Waals surface area contributed by atoms with E-state index in [4.69, 9.17) is 4.74 Å². The maximum atomic E-state index is 12.4. The number of carboxylic acid groups (broad SMARTS) is 1. The Kier molecular flexibility index (Phi) is 7.22. The summed E-state index contributed by atoms with van der Waals surface area (Å²) >= 11 is 0. The Morgan fingerprint density at radius 2 is 1.44 bits per heavy atom. The van der Waals surface area contributed by atoms with E-state index in [9.17, 15) is 19.5 Å². The van der Waals surface area contributed by atoms with Gasteiger partial charge < -0.3 is 20.5 Å². The highest BCUT2D eigenvalue weighted by molar-refractivity contribution is 5.82. The minimum atomic E-state index is -1.22. The molecule has 0 heterocycles. The van der Waals surface area contributed by atoms with Crippen molar-refractivity contribution in [3.8, 4) is 11.1 Å². The first-order chi connectivity index (χ1) is 16.5. The van der Waals surface area contributed by atoms with Gasteiger partial charge in [-0.3, -0.25) is 4.79 Å². The van der Waals surface area contributed by atoms with Gasteiger partial charge in [-0.25, -0.2) is 9.59 Å². The van der Waals surface area contributed by atoms with Gasteiger partial charge in [-0.15, -0.1) is 0 Å². The third-order valence-corrected chi connectivity index (χ3v) is 5.93. The molecule has 0 spiro atoms. The zero-order valence-corrected chi connectivity index (χ0v) is 18.6. The fourth-order valence-electron chi connectivity index (χ4n) is 4.20. The van der Waals surface area contributed by atoms with Crippen LogP contribution in [0.1, 0.15) is 35.4 Å². The SMILES string of the molecule is O=C(CC[C@H](NC(=O)OCC1c2ccccc2-c2ccccc21)C(=O)O)NCc1ccccc1. The van der Waals surface area contributed by atoms with E-state index in [0.29, 0.717) is 6.54 Å². The van der Waals surface area contributed by atoms with Gasteiger partial charge in [0.2, 0.25) is 5.91 Å². The average Bonchev–Trinajstić information content (AvgIpc) is 3.18. The second-order valence-corrected chi connectivity index (χ2v) is 8.16. The Hall–Kier alpha value is -4.13. The minimum Gasteiger partial charge on any atom is -0.480 e. The van der Waals surface area contributed by atoms with Gasteiger partial charge in [0.25, 0.3) is 0 Å². The Morgan fingerprint density at radius 1 is 0.853 bits per heavy atom. The zero-order chi connectivity index (χ0) is 23.9. The lowest BCUT2D eigenvalue weighted by Gasteiger charge is -2.17. The quantitative estimate of drug-likeness (QED) is 0.448. The number of hydrogen-bond donors (Lipinski definition) is 3. The molecule has 3 aromatic rings. The molecule has 0 unspecified atom stereocenters. The number of alkyl carbamates (subject to hydrolysis) is 1. The topological polar surface area (TPSA) is 105 Å². The van der Waals surface area contributed by atoms with Crippen LogP contribution in [0.15, 0.2) is 78.9 Å². The van der Waals surface area contributed by atoms with E-state index in [1.807, 2.05) is 78.9 Å². The number of ether oxygens (including phenoxy) is 1. The van der Waals surface area contributed by atoms with Gasteiger partial charge in [-0.2, -0.15) is 0 Å². The van der Waals surface area contributed by atoms with E-state index < -0.39 is 18.1 Å². The number of benzene rings is 3. The number of rotatable bonds is 9. The predicted octanol–water partition coefficient (Wildman–Crippen LogP) is 4.07. The molecule has 3 aromatic carbocycles. The lowest BCUT2D eigenvalue weighted by Crippen LogP contribution is -2.42. The Labute approximate surface area is 197 Å². The van der Waals surface area contributed by atoms with E-state index in [1.165, 1.54) is 0 Å². The summed E-state index contributed by atoms with van der Waals surface area (Å²) in [6, 6.07) is 24.1. The molecule has 0 radical (unpaired) electrons. The molecule has 1 aliphatic carbocycles. The van der Waals surface area contributed by atoms with Crippen LogP contribution in [0.3, 0.4) is 0 Å². The van der Waals surface area contributed by atoms with Crippen LogP contribution in [-0.2, 0) is 20.9 Å². The Balaban J connectivity index is 1.29. The van der Waals surface area contributed by atoms with Gasteiger partial charge in [-0.1, -0.05) is 78.9 Å². The first-order valence-corrected chi connectivity index (χ1v) is 11.2. The molecule has 0 saturated carbocycles. The summed E-state index contributed by atoms with van der Waals surface area (Å²) in [6.07, 6.45) is -0.896. The Morgan fingerprint density at radius 3 is 2.06 bits per heavy atom. The predicted molar refractivity (Wildman–Crippen MR) is 127 cm³/mol. The first kappa shape index (κ1) is 23.0. The number of carbonyl (C=O) groups excluding carboxylic acids is 2. The summed E-state index contributed by atoms with van der Waals surface area (Å²) in [5, 5.41) is 14.6. The number of fused-ring (bicyclic) bond motifs is 3. The lowest BCUT2D eigenvalue weighted by molar-refractivity contribution is -0.139. The number of carboxylic acids is 1. The fourth-order valence-corrected chi connectivity index (χ4v) is 4.20. The summed E-state index contributed by atoms with van der Waals surface area (Å²) in [7, 11) is 0. The molecule has 7 nitrogen and oxygen atoms in total. The first-order valence-electron chi connectivity index (χ1n) is 11.2. The highest BCUT2D eigenvalue weighted by Gasteiger charge is 2.29. The molecule has 1 aliphatic rings. The van der Waals surface area contributed by atoms with E-state index in [2.05, 4.69) is 10.6 Å². The summed E-state index contributed by atoms with van der Waals surface area (Å²) in [6.45, 7) is 0.445. The third kappa shape index (κ3) is 5.43. The second-order valence-electron chi connectivity index (χ2n) is 8.16. The van der Waals surface area contributed by atoms with Crippen molar-refractivity contribution in [2.24, 2.45) is 0 Å². The van der Waals surface area contributed by atoms with Crippen LogP contribution in [0.2, 0.25) is 0 Å². The van der Waals surface area contributed by atoms with Gasteiger partial charge in [0.1, 0.15) is 12.6 Å². The number of nitrogens with one attached hydrogen (secondary N) is 2. The van der Waals surface area contributed by atoms with Crippen LogP contribution in [0, 0.1) is 0 Å². The van der Waals surface area contributed by atoms with E-state index >= 15 is 0 Å². The van der Waals surface area contributed by atoms with Crippen LogP contribution in [0.4, 0.5) is 4.79 Å². The molecule has 0 saturated heterocycles. The number of amides is 2. The van der Waals surface area contributed by atoms with Gasteiger partial charge in [0.15, 0.2) is 0 Å². The van der Waals surface area contributed by atoms with Gasteiger partial charge in [0, 0.05) is 18.9 Å². The average molecular weight is 459 g/mol. The third-order valence-electron chi connectivity index (χ3n) is 5.93. The van der Waals surface area contributed by atoms with Crippen molar-refractivity contribution in [1.82, 2.24) is 10.6 Å². The van der Waals surface area contributed by atoms with Crippen LogP contribution in [-0.4, -0.2) is 35.7 Å². The fraction of sp³-hybridized carbons (Fsp3) is 0.222. The van der Waals surface area contributed by atoms with Crippen molar-refractivity contribution < 1.29 is 24.2 Å². The summed E-state index contributed by atoms with van der Waals surface area (Å²) in [5.41, 5.74) is 5.30. The normalized spacial score (nSPS) is 12.8. The molecule has 0 aliphatic heterocycles. The molecular formula is C27H26N2O5. The zero-order valence-electron chi connectivity index (χ0n) is 18.6. The molecule has 4 rings (SSSR count). The molecule has 0 bridgehead atoms. The smallest absolute Gasteiger partial charge is 0.407 e. The highest BCUT2D eigenvalue weighted by Crippen LogP contribution is 2.44. The molecule has 1 atom stereocenters. The van der Waals surface area contributed by atoms with E-state index in [-0.39, 0.29) is 31.3 Å². The molecule has 174 valence electrons. The molecule has 34 heavy (non-hydrogen) atoms. The second kappa shape index (κ2) is 10.7. The van der Waals surface area contributed by atoms with Gasteiger partial charge in [0.05, 0.1) is 0 Å². The van der Waals surface area contributed by atoms with Crippen molar-refractivity contribution in [2.45, 2.75) is 31.3 Å². The van der Waals surface area contributed by atoms with Crippen LogP contribution in [0.5, 0.6) is 0 Å². The van der Waals surface area contributed by atoms with Crippen molar-refractivity contribution in [3.63, 3.8) is 0 Å². The monoisotopic (exact) mass is 458 g/mol. The van der Waals surface area contributed by atoms with Crippen molar-refractivity contribution in [2.75, 3.05) is 6.61 Å². The van der Waals surface area contributed by atoms with E-state index in [0.717, 1.165) is 27.8 Å². The van der Waals surface area contributed by atoms with E-state index in [1.54, 1.807) is 0 Å². The number of carbonyl (C=O) groups is 3. The maximum absolute atomic E-state index is 12.4. The number of aliphatic carboxylic acids is 1. The molecular weight excluding hydrogens is 432 g/mol. The van der Waals surface area contributed by atoms with Gasteiger partial charge >= 0.3 is 12.1 Å². The highest BCUT2D eigenvalue weighted by atomic mass is 16.5. The Bertz CT molecular complexity index is 1130. The lowest BCUT2D eigenvalue weighted by atomic mass is 9.98. The molecule has 7 heteroatoms. The maximum Gasteiger partial charge on any atom is 0.407 e. The summed E-state index contributed by atoms with van der Waals surface area (Å²) < 4.78 is 5.42. The molecule has 2 amide bonds. The molecule has 0 aromatic heterocycles. The van der Waals surface area contributed by atoms with Crippen molar-refractivity contribution >= 4 is 18.0 Å². The molecule has 0 fully saturated rings. The van der Waals surface area contributed by atoms with Crippen LogP contribution in [0.25, 0.3) is 11.1 Å². The van der Waals surface area contributed by atoms with Crippen LogP contribution < -0.4 is 10.6 Å². The van der Waals surface area contributed by atoms with Gasteiger partial charge in [-0.05, 0) is 34.2 Å². The summed E-state index contributed by atoms with van der Waals surface area (Å²) in [4.78, 5) is 36.1. The molecule has 3 N–H and O–H groups in total. The standard InChI is InChI=1S/C27H26N2O5/c30-25(28-16-18-8-2-1-3-9-18)15-14-24(26(31)32)29-27(33)34-17-23-21-12-6-4-10-19(21)20-11-5-7-13-22(20)23/h1-13,23-24H,14-17H2,(H,28,30)(H,29,33)(H,31,32)/t24-/m0/s1. The minimum absolute atomic E-state index is 0.0343. The largest absolute Gasteiger partial charge is 0.480 e. The number of hydrogen-bond acceptors (Lipinski definition) is 4. The summed E-state index contributed by atoms with van der Waals surface area (Å²) in [5.74, 6) is -1.63. The van der Waals surface area contributed by atoms with Crippen molar-refractivity contribution in [1.29, 1.82) is 0 Å².